The topological polar surface area (TPSA) is 57.5 Å². The third-order valence-electron chi connectivity index (χ3n) is 3.09. The quantitative estimate of drug-likeness (QED) is 0.631. The number of alkyl halides is 3. The Bertz CT molecular complexity index is 808. The average Bonchev–Trinajstić information content (AvgIpc) is 2.40. The second-order valence-electron chi connectivity index (χ2n) is 4.57. The van der Waals surface area contributed by atoms with Crippen molar-refractivity contribution in [3.05, 3.63) is 34.1 Å². The van der Waals surface area contributed by atoms with Crippen molar-refractivity contribution in [3.63, 3.8) is 0 Å². The van der Waals surface area contributed by atoms with Crippen LogP contribution in [0.3, 0.4) is 0 Å². The zero-order valence-electron chi connectivity index (χ0n) is 11.9. The van der Waals surface area contributed by atoms with Crippen molar-refractivity contribution >= 4 is 16.9 Å². The molecule has 0 saturated carbocycles. The Morgan fingerprint density at radius 2 is 1.82 bits per heavy atom. The van der Waals surface area contributed by atoms with E-state index in [9.17, 15) is 22.8 Å². The van der Waals surface area contributed by atoms with Crippen molar-refractivity contribution in [2.45, 2.75) is 13.1 Å². The number of carbonyl (C=O) groups is 1. The minimum Gasteiger partial charge on any atom is -0.493 e. The lowest BCUT2D eigenvalue weighted by Gasteiger charge is -2.15. The minimum atomic E-state index is -4.71. The van der Waals surface area contributed by atoms with Crippen LogP contribution in [0, 0.1) is 0 Å². The van der Waals surface area contributed by atoms with E-state index < -0.39 is 23.3 Å². The molecule has 0 aliphatic heterocycles. The molecule has 0 saturated heterocycles. The van der Waals surface area contributed by atoms with Gasteiger partial charge in [0.25, 0.3) is 5.56 Å². The number of aryl methyl sites for hydroxylation is 1. The molecular formula is C14H12F3NO4. The SMILES string of the molecule is COc1cc2c(cc1OC(C)=O)c(C(F)(F)F)cc(=O)n2C. The number of benzene rings is 1. The fourth-order valence-corrected chi connectivity index (χ4v) is 2.09. The molecule has 0 bridgehead atoms. The number of nitrogens with zero attached hydrogens (tertiary/aromatic N) is 1. The second-order valence-corrected chi connectivity index (χ2v) is 4.57. The molecule has 0 radical (unpaired) electrons. The molecule has 1 aromatic carbocycles. The highest BCUT2D eigenvalue weighted by Crippen LogP contribution is 2.38. The number of halogens is 3. The van der Waals surface area contributed by atoms with Crippen molar-refractivity contribution in [1.82, 2.24) is 4.57 Å². The van der Waals surface area contributed by atoms with Crippen LogP contribution in [0.1, 0.15) is 12.5 Å². The van der Waals surface area contributed by atoms with Crippen molar-refractivity contribution < 1.29 is 27.4 Å². The summed E-state index contributed by atoms with van der Waals surface area (Å²) >= 11 is 0. The number of methoxy groups -OCH3 is 1. The molecule has 1 heterocycles. The zero-order valence-corrected chi connectivity index (χ0v) is 11.9. The van der Waals surface area contributed by atoms with E-state index in [2.05, 4.69) is 0 Å². The lowest BCUT2D eigenvalue weighted by molar-refractivity contribution is -0.136. The summed E-state index contributed by atoms with van der Waals surface area (Å²) in [7, 11) is 2.62. The number of carbonyl (C=O) groups excluding carboxylic acids is 1. The summed E-state index contributed by atoms with van der Waals surface area (Å²) in [5.74, 6) is -0.792. The van der Waals surface area contributed by atoms with Gasteiger partial charge < -0.3 is 14.0 Å². The standard InChI is InChI=1S/C14H12F3NO4/c1-7(19)22-12-4-8-9(14(15,16)17)5-13(20)18(2)10(8)6-11(12)21-3/h4-6H,1-3H3. The van der Waals surface area contributed by atoms with Crippen LogP contribution in [0.4, 0.5) is 13.2 Å². The Hall–Kier alpha value is -2.51. The first kappa shape index (κ1) is 15.9. The number of esters is 1. The van der Waals surface area contributed by atoms with E-state index in [0.29, 0.717) is 6.07 Å². The van der Waals surface area contributed by atoms with E-state index in [0.717, 1.165) is 17.6 Å². The lowest BCUT2D eigenvalue weighted by Crippen LogP contribution is -2.20. The maximum Gasteiger partial charge on any atom is 0.417 e. The molecule has 1 aromatic heterocycles. The zero-order chi connectivity index (χ0) is 16.7. The fraction of sp³-hybridized carbons (Fsp3) is 0.286. The van der Waals surface area contributed by atoms with Crippen molar-refractivity contribution in [1.29, 1.82) is 0 Å². The Morgan fingerprint density at radius 3 is 2.32 bits per heavy atom. The lowest BCUT2D eigenvalue weighted by atomic mass is 10.1. The molecule has 0 atom stereocenters. The smallest absolute Gasteiger partial charge is 0.417 e. The molecule has 5 nitrogen and oxygen atoms in total. The summed E-state index contributed by atoms with van der Waals surface area (Å²) < 4.78 is 50.3. The van der Waals surface area contributed by atoms with Gasteiger partial charge in [0.15, 0.2) is 11.5 Å². The van der Waals surface area contributed by atoms with E-state index in [1.165, 1.54) is 20.2 Å². The van der Waals surface area contributed by atoms with Crippen LogP contribution in [0.2, 0.25) is 0 Å². The number of hydrogen-bond acceptors (Lipinski definition) is 4. The molecule has 0 unspecified atom stereocenters. The Labute approximate surface area is 122 Å². The Morgan fingerprint density at radius 1 is 1.18 bits per heavy atom. The molecule has 22 heavy (non-hydrogen) atoms. The largest absolute Gasteiger partial charge is 0.493 e. The van der Waals surface area contributed by atoms with Crippen LogP contribution >= 0.6 is 0 Å². The van der Waals surface area contributed by atoms with Gasteiger partial charge in [-0.3, -0.25) is 9.59 Å². The average molecular weight is 315 g/mol. The molecule has 0 amide bonds. The first-order valence-electron chi connectivity index (χ1n) is 6.12. The number of hydrogen-bond donors (Lipinski definition) is 0. The van der Waals surface area contributed by atoms with Gasteiger partial charge in [-0.1, -0.05) is 0 Å². The first-order valence-corrected chi connectivity index (χ1v) is 6.12. The van der Waals surface area contributed by atoms with Gasteiger partial charge in [0, 0.05) is 31.5 Å². The van der Waals surface area contributed by atoms with Crippen molar-refractivity contribution in [3.8, 4) is 11.5 Å². The predicted molar refractivity (Wildman–Crippen MR) is 72.1 cm³/mol. The van der Waals surface area contributed by atoms with Crippen LogP contribution in [-0.4, -0.2) is 17.6 Å². The number of ether oxygens (including phenoxy) is 2. The summed E-state index contributed by atoms with van der Waals surface area (Å²) in [6.07, 6.45) is -4.71. The van der Waals surface area contributed by atoms with Crippen LogP contribution in [0.25, 0.3) is 10.9 Å². The highest BCUT2D eigenvalue weighted by Gasteiger charge is 2.34. The molecular weight excluding hydrogens is 303 g/mol. The Balaban J connectivity index is 2.91. The van der Waals surface area contributed by atoms with Crippen LogP contribution in [0.15, 0.2) is 23.0 Å². The number of rotatable bonds is 2. The van der Waals surface area contributed by atoms with Gasteiger partial charge in [0.2, 0.25) is 0 Å². The maximum absolute atomic E-state index is 13.1. The van der Waals surface area contributed by atoms with E-state index >= 15 is 0 Å². The minimum absolute atomic E-state index is 0.0209. The van der Waals surface area contributed by atoms with E-state index in [1.807, 2.05) is 0 Å². The van der Waals surface area contributed by atoms with E-state index in [1.54, 1.807) is 0 Å². The van der Waals surface area contributed by atoms with Crippen LogP contribution in [-0.2, 0) is 18.0 Å². The summed E-state index contributed by atoms with van der Waals surface area (Å²) in [4.78, 5) is 22.8. The molecule has 0 fully saturated rings. The molecule has 0 N–H and O–H groups in total. The number of fused-ring (bicyclic) bond motifs is 1. The van der Waals surface area contributed by atoms with Gasteiger partial charge in [-0.15, -0.1) is 0 Å². The van der Waals surface area contributed by atoms with Crippen molar-refractivity contribution in [2.75, 3.05) is 7.11 Å². The van der Waals surface area contributed by atoms with Crippen LogP contribution in [0.5, 0.6) is 11.5 Å². The monoisotopic (exact) mass is 315 g/mol. The first-order chi connectivity index (χ1) is 10.1. The summed E-state index contributed by atoms with van der Waals surface area (Å²) in [6, 6.07) is 2.77. The molecule has 0 aliphatic carbocycles. The summed E-state index contributed by atoms with van der Waals surface area (Å²) in [5, 5.41) is -0.258. The molecule has 0 aliphatic rings. The second kappa shape index (κ2) is 5.36. The van der Waals surface area contributed by atoms with Gasteiger partial charge in [-0.25, -0.2) is 0 Å². The maximum atomic E-state index is 13.1. The predicted octanol–water partition coefficient (Wildman–Crippen LogP) is 2.49. The summed E-state index contributed by atoms with van der Waals surface area (Å²) in [6.45, 7) is 1.12. The van der Waals surface area contributed by atoms with Gasteiger partial charge >= 0.3 is 12.1 Å². The molecule has 2 rings (SSSR count). The highest BCUT2D eigenvalue weighted by atomic mass is 19.4. The van der Waals surface area contributed by atoms with Gasteiger partial charge in [-0.2, -0.15) is 13.2 Å². The van der Waals surface area contributed by atoms with E-state index in [-0.39, 0.29) is 22.4 Å². The normalized spacial score (nSPS) is 11.5. The van der Waals surface area contributed by atoms with E-state index in [4.69, 9.17) is 9.47 Å². The van der Waals surface area contributed by atoms with Crippen LogP contribution < -0.4 is 15.0 Å². The fourth-order valence-electron chi connectivity index (χ4n) is 2.09. The third kappa shape index (κ3) is 2.76. The molecule has 0 spiro atoms. The highest BCUT2D eigenvalue weighted by molar-refractivity contribution is 5.87. The third-order valence-corrected chi connectivity index (χ3v) is 3.09. The van der Waals surface area contributed by atoms with Gasteiger partial charge in [0.1, 0.15) is 0 Å². The summed E-state index contributed by atoms with van der Waals surface area (Å²) in [5.41, 5.74) is -1.88. The van der Waals surface area contributed by atoms with Gasteiger partial charge in [0.05, 0.1) is 18.2 Å². The molecule has 118 valence electrons. The molecule has 2 aromatic rings. The number of pyridine rings is 1. The Kier molecular flexibility index (Phi) is 3.87. The van der Waals surface area contributed by atoms with Crippen molar-refractivity contribution in [2.24, 2.45) is 7.05 Å². The van der Waals surface area contributed by atoms with Gasteiger partial charge in [-0.05, 0) is 6.07 Å². The number of aromatic nitrogens is 1. The molecule has 8 heteroatoms.